The maximum absolute atomic E-state index is 11.9. The molecular weight excluding hydrogens is 290 g/mol. The molecule has 0 aromatic heterocycles. The van der Waals surface area contributed by atoms with Crippen molar-refractivity contribution < 1.29 is 14.3 Å². The molecule has 0 saturated carbocycles. The van der Waals surface area contributed by atoms with Crippen LogP contribution in [0.25, 0.3) is 0 Å². The van der Waals surface area contributed by atoms with Crippen molar-refractivity contribution in [2.45, 2.75) is 19.4 Å². The number of hydrogen-bond donors (Lipinski definition) is 1. The van der Waals surface area contributed by atoms with Crippen LogP contribution in [0, 0.1) is 0 Å². The number of amides is 1. The lowest BCUT2D eigenvalue weighted by Crippen LogP contribution is -2.14. The van der Waals surface area contributed by atoms with Crippen LogP contribution >= 0.6 is 0 Å². The van der Waals surface area contributed by atoms with E-state index in [4.69, 9.17) is 4.74 Å². The summed E-state index contributed by atoms with van der Waals surface area (Å²) in [7, 11) is 0. The van der Waals surface area contributed by atoms with Gasteiger partial charge in [-0.2, -0.15) is 0 Å². The van der Waals surface area contributed by atoms with E-state index in [0.717, 1.165) is 35.9 Å². The summed E-state index contributed by atoms with van der Waals surface area (Å²) in [6, 6.07) is 17.1. The van der Waals surface area contributed by atoms with E-state index in [1.54, 1.807) is 6.08 Å². The van der Waals surface area contributed by atoms with Crippen molar-refractivity contribution in [3.8, 4) is 0 Å². The van der Waals surface area contributed by atoms with E-state index in [-0.39, 0.29) is 6.61 Å². The maximum Gasteiger partial charge on any atom is 0.411 e. The molecule has 0 fully saturated rings. The molecule has 4 nitrogen and oxygen atoms in total. The normalized spacial score (nSPS) is 10.4. The van der Waals surface area contributed by atoms with Gasteiger partial charge in [-0.1, -0.05) is 54.6 Å². The largest absolute Gasteiger partial charge is 0.444 e. The Kier molecular flexibility index (Phi) is 6.60. The van der Waals surface area contributed by atoms with Crippen molar-refractivity contribution in [1.82, 2.24) is 0 Å². The number of anilines is 1. The van der Waals surface area contributed by atoms with E-state index in [2.05, 4.69) is 5.32 Å². The van der Waals surface area contributed by atoms with E-state index in [0.29, 0.717) is 0 Å². The molecule has 0 spiro atoms. The third-order valence-electron chi connectivity index (χ3n) is 3.26. The van der Waals surface area contributed by atoms with Crippen molar-refractivity contribution >= 4 is 18.1 Å². The first kappa shape index (κ1) is 16.5. The lowest BCUT2D eigenvalue weighted by Gasteiger charge is -2.11. The summed E-state index contributed by atoms with van der Waals surface area (Å²) >= 11 is 0. The van der Waals surface area contributed by atoms with Crippen LogP contribution < -0.4 is 5.32 Å². The van der Waals surface area contributed by atoms with Gasteiger partial charge < -0.3 is 4.74 Å². The highest BCUT2D eigenvalue weighted by atomic mass is 16.5. The molecule has 4 heteroatoms. The summed E-state index contributed by atoms with van der Waals surface area (Å²) in [6.45, 7) is 0.233. The molecule has 23 heavy (non-hydrogen) atoms. The maximum atomic E-state index is 11.9. The fourth-order valence-electron chi connectivity index (χ4n) is 2.12. The molecule has 2 rings (SSSR count). The second-order valence-corrected chi connectivity index (χ2v) is 4.95. The zero-order valence-electron chi connectivity index (χ0n) is 12.8. The molecule has 0 heterocycles. The number of aryl methyl sites for hydroxylation is 1. The van der Waals surface area contributed by atoms with Crippen LogP contribution in [0.5, 0.6) is 0 Å². The third kappa shape index (κ3) is 5.79. The van der Waals surface area contributed by atoms with Crippen molar-refractivity contribution in [2.24, 2.45) is 0 Å². The molecule has 118 valence electrons. The van der Waals surface area contributed by atoms with Gasteiger partial charge in [0.05, 0.1) is 0 Å². The minimum Gasteiger partial charge on any atom is -0.444 e. The van der Waals surface area contributed by atoms with Crippen molar-refractivity contribution in [3.05, 3.63) is 77.9 Å². The first-order valence-electron chi connectivity index (χ1n) is 7.45. The topological polar surface area (TPSA) is 55.4 Å². The number of aldehydes is 1. The van der Waals surface area contributed by atoms with E-state index in [1.807, 2.05) is 54.6 Å². The number of allylic oxidation sites excluding steroid dienone is 2. The van der Waals surface area contributed by atoms with Crippen LogP contribution in [0.3, 0.4) is 0 Å². The van der Waals surface area contributed by atoms with Gasteiger partial charge in [-0.25, -0.2) is 4.79 Å². The van der Waals surface area contributed by atoms with E-state index >= 15 is 0 Å². The van der Waals surface area contributed by atoms with Crippen LogP contribution in [0.4, 0.5) is 10.5 Å². The van der Waals surface area contributed by atoms with Crippen LogP contribution in [0.1, 0.15) is 17.5 Å². The van der Waals surface area contributed by atoms with Crippen molar-refractivity contribution in [2.75, 3.05) is 5.32 Å². The standard InChI is InChI=1S/C19H19NO3/c21-14-8-2-5-11-17-12-6-7-13-18(17)20-19(22)23-15-16-9-3-1-4-10-16/h1-4,6-10,12-14H,5,11,15H2,(H,20,22)/b8-2+. The van der Waals surface area contributed by atoms with Gasteiger partial charge in [-0.05, 0) is 36.1 Å². The molecule has 0 aliphatic heterocycles. The van der Waals surface area contributed by atoms with Crippen LogP contribution in [0.15, 0.2) is 66.7 Å². The fraction of sp³-hybridized carbons (Fsp3) is 0.158. The number of ether oxygens (including phenoxy) is 1. The third-order valence-corrected chi connectivity index (χ3v) is 3.26. The van der Waals surface area contributed by atoms with Gasteiger partial charge in [0, 0.05) is 5.69 Å². The summed E-state index contributed by atoms with van der Waals surface area (Å²) in [5.41, 5.74) is 2.67. The summed E-state index contributed by atoms with van der Waals surface area (Å²) in [5, 5.41) is 2.77. The molecule has 0 unspecified atom stereocenters. The second kappa shape index (κ2) is 9.20. The molecule has 0 saturated heterocycles. The van der Waals surface area contributed by atoms with Gasteiger partial charge in [-0.15, -0.1) is 0 Å². The van der Waals surface area contributed by atoms with Gasteiger partial charge in [-0.3, -0.25) is 10.1 Å². The van der Waals surface area contributed by atoms with Gasteiger partial charge in [0.15, 0.2) is 0 Å². The molecule has 0 radical (unpaired) electrons. The van der Waals surface area contributed by atoms with Crippen LogP contribution in [-0.4, -0.2) is 12.4 Å². The SMILES string of the molecule is O=C/C=C/CCc1ccccc1NC(=O)OCc1ccccc1. The van der Waals surface area contributed by atoms with Gasteiger partial charge in [0.2, 0.25) is 0 Å². The van der Waals surface area contributed by atoms with E-state index in [9.17, 15) is 9.59 Å². The van der Waals surface area contributed by atoms with Crippen LogP contribution in [0.2, 0.25) is 0 Å². The van der Waals surface area contributed by atoms with Crippen LogP contribution in [-0.2, 0) is 22.6 Å². The summed E-state index contributed by atoms with van der Waals surface area (Å²) in [5.74, 6) is 0. The second-order valence-electron chi connectivity index (χ2n) is 4.95. The first-order valence-corrected chi connectivity index (χ1v) is 7.45. The molecule has 1 amide bonds. The Bertz CT molecular complexity index is 665. The Morgan fingerprint density at radius 1 is 1.04 bits per heavy atom. The lowest BCUT2D eigenvalue weighted by molar-refractivity contribution is -0.104. The minimum atomic E-state index is -0.482. The minimum absolute atomic E-state index is 0.233. The Hall–Kier alpha value is -2.88. The van der Waals surface area contributed by atoms with Gasteiger partial charge in [0.1, 0.15) is 12.9 Å². The smallest absolute Gasteiger partial charge is 0.411 e. The number of hydrogen-bond acceptors (Lipinski definition) is 3. The Balaban J connectivity index is 1.89. The quantitative estimate of drug-likeness (QED) is 0.618. The van der Waals surface area contributed by atoms with E-state index < -0.39 is 6.09 Å². The number of carbonyl (C=O) groups excluding carboxylic acids is 2. The Labute approximate surface area is 135 Å². The predicted octanol–water partition coefficient (Wildman–Crippen LogP) is 4.12. The summed E-state index contributed by atoms with van der Waals surface area (Å²) < 4.78 is 5.22. The van der Waals surface area contributed by atoms with Crippen molar-refractivity contribution in [1.29, 1.82) is 0 Å². The molecule has 0 atom stereocenters. The molecule has 1 N–H and O–H groups in total. The Morgan fingerprint density at radius 3 is 2.57 bits per heavy atom. The monoisotopic (exact) mass is 309 g/mol. The average Bonchev–Trinajstić information content (AvgIpc) is 2.59. The number of para-hydroxylation sites is 1. The molecule has 0 aliphatic rings. The number of nitrogens with one attached hydrogen (secondary N) is 1. The molecular formula is C19H19NO3. The summed E-state index contributed by atoms with van der Waals surface area (Å²) in [4.78, 5) is 22.2. The highest BCUT2D eigenvalue weighted by molar-refractivity contribution is 5.85. The van der Waals surface area contributed by atoms with Crippen molar-refractivity contribution in [3.63, 3.8) is 0 Å². The molecule has 2 aromatic rings. The molecule has 0 bridgehead atoms. The number of benzene rings is 2. The zero-order chi connectivity index (χ0) is 16.3. The molecule has 0 aliphatic carbocycles. The highest BCUT2D eigenvalue weighted by Gasteiger charge is 2.07. The highest BCUT2D eigenvalue weighted by Crippen LogP contribution is 2.17. The average molecular weight is 309 g/mol. The molecule has 2 aromatic carbocycles. The van der Waals surface area contributed by atoms with Gasteiger partial charge >= 0.3 is 6.09 Å². The number of rotatable bonds is 7. The zero-order valence-corrected chi connectivity index (χ0v) is 12.8. The predicted molar refractivity (Wildman–Crippen MR) is 90.2 cm³/mol. The van der Waals surface area contributed by atoms with Gasteiger partial charge in [0.25, 0.3) is 0 Å². The lowest BCUT2D eigenvalue weighted by atomic mass is 10.1. The number of carbonyl (C=O) groups is 2. The fourth-order valence-corrected chi connectivity index (χ4v) is 2.12. The van der Waals surface area contributed by atoms with E-state index in [1.165, 1.54) is 6.08 Å². The summed E-state index contributed by atoms with van der Waals surface area (Å²) in [6.07, 6.45) is 5.02. The first-order chi connectivity index (χ1) is 11.3. The Morgan fingerprint density at radius 2 is 1.78 bits per heavy atom.